The molecule has 10 heavy (non-hydrogen) atoms. The predicted molar refractivity (Wildman–Crippen MR) is 41.8 cm³/mol. The molecule has 0 bridgehead atoms. The fourth-order valence-electron chi connectivity index (χ4n) is 0.537. The van der Waals surface area contributed by atoms with Crippen LogP contribution in [0, 0.1) is 0 Å². The molecule has 0 aliphatic carbocycles. The molecule has 2 nitrogen and oxygen atoms in total. The Morgan fingerprint density at radius 2 is 1.80 bits per heavy atom. The van der Waals surface area contributed by atoms with Gasteiger partial charge in [0.25, 0.3) is 0 Å². The topological polar surface area (TPSA) is 26.3 Å². The first-order valence-corrected chi connectivity index (χ1v) is 3.34. The van der Waals surface area contributed by atoms with E-state index < -0.39 is 8.69 Å². The van der Waals surface area contributed by atoms with E-state index in [1.54, 1.807) is 12.1 Å². The molecule has 1 radical (unpaired) electrons. The van der Waals surface area contributed by atoms with Crippen LogP contribution in [0.5, 0.6) is 5.75 Å². The maximum atomic E-state index is 9.90. The molecule has 4 heteroatoms. The Morgan fingerprint density at radius 3 is 2.30 bits per heavy atom. The van der Waals surface area contributed by atoms with Gasteiger partial charge in [0.1, 0.15) is 0 Å². The third-order valence-electron chi connectivity index (χ3n) is 0.903. The Kier molecular flexibility index (Phi) is 5.94. The van der Waals surface area contributed by atoms with Crippen molar-refractivity contribution in [2.75, 3.05) is 0 Å². The van der Waals surface area contributed by atoms with Crippen LogP contribution < -0.4 is 4.52 Å². The van der Waals surface area contributed by atoms with Crippen LogP contribution in [0.25, 0.3) is 0 Å². The van der Waals surface area contributed by atoms with Crippen molar-refractivity contribution in [3.63, 3.8) is 0 Å². The second-order valence-corrected chi connectivity index (χ2v) is 1.87. The van der Waals surface area contributed by atoms with Gasteiger partial charge in [-0.3, -0.25) is 4.52 Å². The molecule has 0 N–H and O–H groups in total. The van der Waals surface area contributed by atoms with Crippen molar-refractivity contribution in [3.05, 3.63) is 30.3 Å². The van der Waals surface area contributed by atoms with E-state index in [-0.39, 0.29) is 29.6 Å². The number of para-hydroxylation sites is 1. The zero-order valence-corrected chi connectivity index (χ0v) is 8.70. The van der Waals surface area contributed by atoms with Crippen LogP contribution in [0.1, 0.15) is 0 Å². The van der Waals surface area contributed by atoms with Crippen molar-refractivity contribution in [1.82, 2.24) is 0 Å². The van der Waals surface area contributed by atoms with Crippen LogP contribution in [0.4, 0.5) is 0 Å². The Balaban J connectivity index is 0.000000810. The van der Waals surface area contributed by atoms with Gasteiger partial charge in [-0.05, 0) is 16.7 Å². The predicted octanol–water partition coefficient (Wildman–Crippen LogP) is 1.62. The summed E-state index contributed by atoms with van der Waals surface area (Å²) in [5.74, 6) is 0.644. The Morgan fingerprint density at radius 1 is 1.20 bits per heavy atom. The normalized spacial score (nSPS) is 8.40. The molecule has 0 saturated heterocycles. The largest absolute Gasteiger partial charge is 0.542 e. The summed E-state index contributed by atoms with van der Waals surface area (Å²) >= 11 is 0. The summed E-state index contributed by atoms with van der Waals surface area (Å²) < 4.78 is 14.6. The van der Waals surface area contributed by atoms with Gasteiger partial charge in [-0.15, -0.1) is 0 Å². The fraction of sp³-hybridized carbons (Fsp3) is 0. The maximum absolute atomic E-state index is 9.90. The van der Waals surface area contributed by atoms with Gasteiger partial charge < -0.3 is 0 Å². The third-order valence-corrected chi connectivity index (χ3v) is 1.22. The quantitative estimate of drug-likeness (QED) is 0.490. The van der Waals surface area contributed by atoms with Crippen molar-refractivity contribution in [2.24, 2.45) is 0 Å². The van der Waals surface area contributed by atoms with E-state index in [0.29, 0.717) is 5.75 Å². The van der Waals surface area contributed by atoms with Crippen molar-refractivity contribution < 1.29 is 9.09 Å². The summed E-state index contributed by atoms with van der Waals surface area (Å²) in [6.07, 6.45) is 0. The van der Waals surface area contributed by atoms with E-state index >= 15 is 0 Å². The zero-order chi connectivity index (χ0) is 6.53. The van der Waals surface area contributed by atoms with Crippen LogP contribution in [0.3, 0.4) is 0 Å². The fourth-order valence-corrected chi connectivity index (χ4v) is 0.769. The molecule has 0 fully saturated rings. The molecule has 1 atom stereocenters. The molecule has 0 spiro atoms. The molecule has 0 aliphatic heterocycles. The van der Waals surface area contributed by atoms with Crippen LogP contribution in [0.2, 0.25) is 0 Å². The van der Waals surface area contributed by atoms with Crippen molar-refractivity contribution in [2.45, 2.75) is 0 Å². The van der Waals surface area contributed by atoms with E-state index in [0.717, 1.165) is 0 Å². The molecule has 0 aromatic heterocycles. The third kappa shape index (κ3) is 3.33. The molecule has 0 aliphatic rings. The first-order valence-electron chi connectivity index (χ1n) is 2.52. The van der Waals surface area contributed by atoms with Gasteiger partial charge in [0, 0.05) is 29.6 Å². The van der Waals surface area contributed by atoms with Gasteiger partial charge in [0.15, 0.2) is 5.75 Å². The minimum atomic E-state index is -0.715. The summed E-state index contributed by atoms with van der Waals surface area (Å²) in [4.78, 5) is 0. The summed E-state index contributed by atoms with van der Waals surface area (Å²) in [6.45, 7) is 0. The molecule has 1 aromatic rings. The SMILES string of the molecule is O=[PH+]Oc1ccccc1.[Na]. The van der Waals surface area contributed by atoms with Crippen LogP contribution in [0.15, 0.2) is 30.3 Å². The van der Waals surface area contributed by atoms with Gasteiger partial charge in [-0.25, -0.2) is 0 Å². The molecule has 0 heterocycles. The van der Waals surface area contributed by atoms with E-state index in [1.807, 2.05) is 18.2 Å². The average molecular weight is 164 g/mol. The Bertz CT molecular complexity index is 190. The number of benzene rings is 1. The minimum absolute atomic E-state index is 0. The molecule has 47 valence electrons. The maximum Gasteiger partial charge on any atom is 0.542 e. The monoisotopic (exact) mass is 164 g/mol. The summed E-state index contributed by atoms with van der Waals surface area (Å²) in [5, 5.41) is 0. The van der Waals surface area contributed by atoms with Crippen molar-refractivity contribution >= 4 is 38.2 Å². The van der Waals surface area contributed by atoms with Crippen molar-refractivity contribution in [1.29, 1.82) is 0 Å². The van der Waals surface area contributed by atoms with Gasteiger partial charge in [0.05, 0.1) is 0 Å². The molecule has 0 saturated carbocycles. The van der Waals surface area contributed by atoms with Crippen LogP contribution in [-0.4, -0.2) is 29.6 Å². The molecule has 0 amide bonds. The van der Waals surface area contributed by atoms with E-state index in [1.165, 1.54) is 0 Å². The molecule has 1 rings (SSSR count). The summed E-state index contributed by atoms with van der Waals surface area (Å²) in [6, 6.07) is 9.04. The first-order chi connectivity index (χ1) is 4.43. The van der Waals surface area contributed by atoms with Gasteiger partial charge in [0.2, 0.25) is 0 Å². The van der Waals surface area contributed by atoms with Gasteiger partial charge >= 0.3 is 8.69 Å². The van der Waals surface area contributed by atoms with E-state index in [9.17, 15) is 4.57 Å². The Hall–Kier alpha value is 0.120. The molecular weight excluding hydrogens is 158 g/mol. The van der Waals surface area contributed by atoms with Gasteiger partial charge in [-0.1, -0.05) is 18.2 Å². The second kappa shape index (κ2) is 5.87. The number of rotatable bonds is 2. The van der Waals surface area contributed by atoms with E-state index in [2.05, 4.69) is 4.52 Å². The zero-order valence-electron chi connectivity index (χ0n) is 5.70. The standard InChI is InChI=1S/C6H6O2P.Na/c7-9-8-6-4-2-1-3-5-6;/h1-5,9H;/q+1;. The summed E-state index contributed by atoms with van der Waals surface area (Å²) in [5.41, 5.74) is 0. The smallest absolute Gasteiger partial charge is 0.256 e. The van der Waals surface area contributed by atoms with E-state index in [4.69, 9.17) is 0 Å². The second-order valence-electron chi connectivity index (χ2n) is 1.50. The minimum Gasteiger partial charge on any atom is -0.256 e. The van der Waals surface area contributed by atoms with Crippen molar-refractivity contribution in [3.8, 4) is 5.75 Å². The molecule has 1 unspecified atom stereocenters. The van der Waals surface area contributed by atoms with Gasteiger partial charge in [-0.2, -0.15) is 0 Å². The molecule has 1 aromatic carbocycles. The molecular formula is C6H6NaO2P+. The summed E-state index contributed by atoms with van der Waals surface area (Å²) in [7, 11) is -0.715. The number of hydrogen-bond donors (Lipinski definition) is 0. The number of hydrogen-bond acceptors (Lipinski definition) is 2. The van der Waals surface area contributed by atoms with Crippen LogP contribution in [-0.2, 0) is 4.57 Å². The average Bonchev–Trinajstić information content (AvgIpc) is 1.91. The van der Waals surface area contributed by atoms with Crippen LogP contribution >= 0.6 is 8.69 Å². The first kappa shape index (κ1) is 10.1. The Labute approximate surface area is 83.2 Å².